The van der Waals surface area contributed by atoms with Crippen molar-refractivity contribution in [2.45, 2.75) is 0 Å². The average Bonchev–Trinajstić information content (AvgIpc) is 3.51. The van der Waals surface area contributed by atoms with Crippen molar-refractivity contribution in [2.24, 2.45) is 0 Å². The first-order chi connectivity index (χ1) is 24.3. The van der Waals surface area contributed by atoms with Crippen LogP contribution < -0.4 is 0 Å². The van der Waals surface area contributed by atoms with E-state index in [9.17, 15) is 0 Å². The summed E-state index contributed by atoms with van der Waals surface area (Å²) in [6, 6.07) is 62.7. The van der Waals surface area contributed by atoms with E-state index < -0.39 is 0 Å². The van der Waals surface area contributed by atoms with Gasteiger partial charge in [0.1, 0.15) is 0 Å². The number of para-hydroxylation sites is 3. The number of hydrogen-bond donors (Lipinski definition) is 0. The van der Waals surface area contributed by atoms with Gasteiger partial charge in [-0.1, -0.05) is 140 Å². The molecule has 49 heavy (non-hydrogen) atoms. The molecule has 0 saturated carbocycles. The van der Waals surface area contributed by atoms with Crippen molar-refractivity contribution in [3.63, 3.8) is 0 Å². The SMILES string of the molecule is c1ccc2c(-c3nc(-c4ccc(-c5ccc6cc(-n7c8ccccc8c8ccccc87)ccc6c5)cc4)nc4ccccc34)cccc2c1. The highest BCUT2D eigenvalue weighted by Gasteiger charge is 2.15. The Morgan fingerprint density at radius 3 is 1.76 bits per heavy atom. The van der Waals surface area contributed by atoms with Crippen molar-refractivity contribution >= 4 is 54.3 Å². The van der Waals surface area contributed by atoms with Gasteiger partial charge in [-0.3, -0.25) is 0 Å². The molecule has 0 N–H and O–H groups in total. The molecule has 3 heteroatoms. The lowest BCUT2D eigenvalue weighted by molar-refractivity contribution is 1.19. The molecular formula is C46H29N3. The maximum absolute atomic E-state index is 5.19. The molecular weight excluding hydrogens is 595 g/mol. The zero-order chi connectivity index (χ0) is 32.3. The quantitative estimate of drug-likeness (QED) is 0.195. The lowest BCUT2D eigenvalue weighted by Gasteiger charge is -2.12. The van der Waals surface area contributed by atoms with Crippen molar-refractivity contribution in [3.8, 4) is 39.5 Å². The average molecular weight is 624 g/mol. The molecule has 2 heterocycles. The molecule has 0 unspecified atom stereocenters. The molecule has 0 aliphatic carbocycles. The molecule has 228 valence electrons. The molecule has 0 fully saturated rings. The van der Waals surface area contributed by atoms with Gasteiger partial charge in [0.2, 0.25) is 0 Å². The number of rotatable bonds is 4. The van der Waals surface area contributed by atoms with Crippen LogP contribution in [0.3, 0.4) is 0 Å². The summed E-state index contributed by atoms with van der Waals surface area (Å²) in [4.78, 5) is 10.2. The summed E-state index contributed by atoms with van der Waals surface area (Å²) < 4.78 is 2.37. The van der Waals surface area contributed by atoms with Crippen LogP contribution in [-0.4, -0.2) is 14.5 Å². The van der Waals surface area contributed by atoms with Gasteiger partial charge in [0.05, 0.1) is 22.2 Å². The molecule has 0 aliphatic heterocycles. The second-order valence-electron chi connectivity index (χ2n) is 12.6. The largest absolute Gasteiger partial charge is 0.309 e. The minimum Gasteiger partial charge on any atom is -0.309 e. The number of hydrogen-bond acceptors (Lipinski definition) is 2. The number of benzene rings is 8. The molecule has 10 aromatic rings. The van der Waals surface area contributed by atoms with Crippen LogP contribution in [0, 0.1) is 0 Å². The predicted octanol–water partition coefficient (Wildman–Crippen LogP) is 12.0. The van der Waals surface area contributed by atoms with Gasteiger partial charge in [0.15, 0.2) is 5.82 Å². The van der Waals surface area contributed by atoms with Gasteiger partial charge < -0.3 is 4.57 Å². The summed E-state index contributed by atoms with van der Waals surface area (Å²) in [5.41, 5.74) is 9.95. The van der Waals surface area contributed by atoms with E-state index in [1.165, 1.54) is 54.6 Å². The molecule has 0 saturated heterocycles. The highest BCUT2D eigenvalue weighted by atomic mass is 15.0. The predicted molar refractivity (Wildman–Crippen MR) is 205 cm³/mol. The maximum atomic E-state index is 5.19. The van der Waals surface area contributed by atoms with Gasteiger partial charge in [-0.25, -0.2) is 9.97 Å². The summed E-state index contributed by atoms with van der Waals surface area (Å²) in [6.45, 7) is 0. The van der Waals surface area contributed by atoms with Gasteiger partial charge in [0, 0.05) is 33.0 Å². The maximum Gasteiger partial charge on any atom is 0.160 e. The smallest absolute Gasteiger partial charge is 0.160 e. The minimum absolute atomic E-state index is 0.726. The molecule has 0 atom stereocenters. The summed E-state index contributed by atoms with van der Waals surface area (Å²) in [5.74, 6) is 0.726. The van der Waals surface area contributed by atoms with Crippen molar-refractivity contribution in [3.05, 3.63) is 176 Å². The minimum atomic E-state index is 0.726. The van der Waals surface area contributed by atoms with E-state index in [0.717, 1.165) is 39.1 Å². The monoisotopic (exact) mass is 623 g/mol. The van der Waals surface area contributed by atoms with Crippen LogP contribution in [0.1, 0.15) is 0 Å². The molecule has 0 aliphatic rings. The third-order valence-corrected chi connectivity index (χ3v) is 9.79. The van der Waals surface area contributed by atoms with Crippen LogP contribution in [-0.2, 0) is 0 Å². The van der Waals surface area contributed by atoms with E-state index >= 15 is 0 Å². The Balaban J connectivity index is 1.02. The molecule has 10 rings (SSSR count). The molecule has 0 amide bonds. The van der Waals surface area contributed by atoms with E-state index in [1.807, 2.05) is 6.07 Å². The molecule has 0 spiro atoms. The topological polar surface area (TPSA) is 30.7 Å². The van der Waals surface area contributed by atoms with Crippen molar-refractivity contribution < 1.29 is 0 Å². The van der Waals surface area contributed by atoms with Crippen molar-refractivity contribution in [1.29, 1.82) is 0 Å². The molecule has 0 bridgehead atoms. The lowest BCUT2D eigenvalue weighted by Crippen LogP contribution is -1.96. The fraction of sp³-hybridized carbons (Fsp3) is 0. The van der Waals surface area contributed by atoms with Gasteiger partial charge >= 0.3 is 0 Å². The highest BCUT2D eigenvalue weighted by molar-refractivity contribution is 6.09. The fourth-order valence-corrected chi connectivity index (χ4v) is 7.41. The molecule has 0 radical (unpaired) electrons. The Morgan fingerprint density at radius 1 is 0.367 bits per heavy atom. The van der Waals surface area contributed by atoms with Crippen LogP contribution in [0.5, 0.6) is 0 Å². The van der Waals surface area contributed by atoms with Gasteiger partial charge in [-0.05, 0) is 69.1 Å². The molecule has 3 nitrogen and oxygen atoms in total. The second kappa shape index (κ2) is 11.0. The van der Waals surface area contributed by atoms with Gasteiger partial charge in [-0.2, -0.15) is 0 Å². The van der Waals surface area contributed by atoms with E-state index in [-0.39, 0.29) is 0 Å². The standard InChI is InChI=1S/C46H29N3/c1-2-12-37-31(10-1)11-9-16-40(37)45-41-15-3-6-17-42(41)47-46(48-45)32-22-20-30(21-23-32)33-24-25-35-29-36(27-26-34(35)28-33)49-43-18-7-4-13-38(43)39-14-5-8-19-44(39)49/h1-29H. The van der Waals surface area contributed by atoms with Crippen molar-refractivity contribution in [1.82, 2.24) is 14.5 Å². The van der Waals surface area contributed by atoms with Crippen LogP contribution in [0.15, 0.2) is 176 Å². The Hall–Kier alpha value is -6.58. The number of fused-ring (bicyclic) bond motifs is 6. The van der Waals surface area contributed by atoms with E-state index in [4.69, 9.17) is 9.97 Å². The summed E-state index contributed by atoms with van der Waals surface area (Å²) in [6.07, 6.45) is 0. The summed E-state index contributed by atoms with van der Waals surface area (Å²) >= 11 is 0. The Bertz CT molecular complexity index is 2820. The van der Waals surface area contributed by atoms with E-state index in [2.05, 4.69) is 174 Å². The zero-order valence-corrected chi connectivity index (χ0v) is 26.6. The van der Waals surface area contributed by atoms with Gasteiger partial charge in [0.25, 0.3) is 0 Å². The zero-order valence-electron chi connectivity index (χ0n) is 26.6. The Morgan fingerprint density at radius 2 is 0.959 bits per heavy atom. The van der Waals surface area contributed by atoms with Crippen LogP contribution in [0.4, 0.5) is 0 Å². The molecule has 8 aromatic carbocycles. The summed E-state index contributed by atoms with van der Waals surface area (Å²) in [5, 5.41) is 8.41. The molecule has 2 aromatic heterocycles. The van der Waals surface area contributed by atoms with Crippen LogP contribution in [0.25, 0.3) is 93.7 Å². The normalized spacial score (nSPS) is 11.7. The number of nitrogens with zero attached hydrogens (tertiary/aromatic N) is 3. The lowest BCUT2D eigenvalue weighted by atomic mass is 9.98. The van der Waals surface area contributed by atoms with E-state index in [0.29, 0.717) is 0 Å². The fourth-order valence-electron chi connectivity index (χ4n) is 7.41. The van der Waals surface area contributed by atoms with Crippen molar-refractivity contribution in [2.75, 3.05) is 0 Å². The van der Waals surface area contributed by atoms with E-state index in [1.54, 1.807) is 0 Å². The van der Waals surface area contributed by atoms with Crippen LogP contribution in [0.2, 0.25) is 0 Å². The Kier molecular flexibility index (Phi) is 6.18. The van der Waals surface area contributed by atoms with Gasteiger partial charge in [-0.15, -0.1) is 0 Å². The third-order valence-electron chi connectivity index (χ3n) is 9.79. The highest BCUT2D eigenvalue weighted by Crippen LogP contribution is 2.36. The second-order valence-corrected chi connectivity index (χ2v) is 12.6. The summed E-state index contributed by atoms with van der Waals surface area (Å²) in [7, 11) is 0. The first-order valence-electron chi connectivity index (χ1n) is 16.7. The third kappa shape index (κ3) is 4.51. The first-order valence-corrected chi connectivity index (χ1v) is 16.7. The van der Waals surface area contributed by atoms with Crippen LogP contribution >= 0.6 is 0 Å². The Labute approximate surface area is 283 Å². The number of aromatic nitrogens is 3. The first kappa shape index (κ1) is 27.5.